The van der Waals surface area contributed by atoms with Crippen LogP contribution in [0, 0.1) is 11.6 Å². The molecule has 1 saturated heterocycles. The summed E-state index contributed by atoms with van der Waals surface area (Å²) in [6.45, 7) is 7.10. The number of Topliss-reactive ketones (excluding diaryl/α,β-unsaturated/α-hetero) is 1. The van der Waals surface area contributed by atoms with E-state index in [4.69, 9.17) is 26.5 Å². The van der Waals surface area contributed by atoms with Gasteiger partial charge in [-0.25, -0.2) is 13.6 Å². The number of nitrogens with zero attached hydrogens (tertiary/aromatic N) is 2. The van der Waals surface area contributed by atoms with E-state index < -0.39 is 80.1 Å². The molecule has 238 valence electrons. The first-order chi connectivity index (χ1) is 20.4. The van der Waals surface area contributed by atoms with Gasteiger partial charge >= 0.3 is 11.9 Å². The quantitative estimate of drug-likeness (QED) is 0.111. The van der Waals surface area contributed by atoms with Crippen LogP contribution in [0.4, 0.5) is 23.2 Å². The number of hydrogen-bond acceptors (Lipinski definition) is 7. The van der Waals surface area contributed by atoms with Crippen molar-refractivity contribution in [3.63, 3.8) is 0 Å². The van der Waals surface area contributed by atoms with Crippen molar-refractivity contribution in [2.75, 3.05) is 18.9 Å². The number of halogens is 5. The molecule has 2 N–H and O–H groups in total. The molecule has 2 aliphatic rings. The average molecular weight is 656 g/mol. The van der Waals surface area contributed by atoms with Crippen LogP contribution in [-0.4, -0.2) is 61.2 Å². The fraction of sp³-hybridized carbons (Fsp3) is 0.467. The van der Waals surface area contributed by atoms with Crippen LogP contribution in [0.2, 0.25) is 23.2 Å². The van der Waals surface area contributed by atoms with Gasteiger partial charge in [-0.15, -0.1) is 0 Å². The number of carbonyl (C=O) groups excluding carboxylic acids is 3. The number of benzene rings is 1. The Bertz CT molecular complexity index is 1530. The molecule has 2 aliphatic heterocycles. The smallest absolute Gasteiger partial charge is 0.329 e. The summed E-state index contributed by atoms with van der Waals surface area (Å²) >= 11 is 5.90. The van der Waals surface area contributed by atoms with Gasteiger partial charge in [0.2, 0.25) is 11.7 Å². The summed E-state index contributed by atoms with van der Waals surface area (Å²) in [4.78, 5) is 43.5. The monoisotopic (exact) mass is 655 g/mol. The van der Waals surface area contributed by atoms with Crippen LogP contribution in [0.1, 0.15) is 61.6 Å². The summed E-state index contributed by atoms with van der Waals surface area (Å²) in [7, 11) is -2.60. The van der Waals surface area contributed by atoms with Crippen molar-refractivity contribution in [1.82, 2.24) is 9.88 Å². The second kappa shape index (κ2) is 12.2. The molecule has 8 nitrogen and oxygen atoms in total. The van der Waals surface area contributed by atoms with E-state index in [0.717, 1.165) is 12.3 Å². The van der Waals surface area contributed by atoms with E-state index in [-0.39, 0.29) is 34.2 Å². The van der Waals surface area contributed by atoms with Crippen molar-refractivity contribution in [2.45, 2.75) is 76.2 Å². The summed E-state index contributed by atoms with van der Waals surface area (Å²) < 4.78 is 70.6. The van der Waals surface area contributed by atoms with Crippen LogP contribution in [-0.2, 0) is 24.7 Å². The fourth-order valence-electron chi connectivity index (χ4n) is 5.03. The van der Waals surface area contributed by atoms with Crippen LogP contribution >= 0.6 is 11.6 Å². The van der Waals surface area contributed by atoms with Crippen molar-refractivity contribution in [3.8, 4) is 0 Å². The third-order valence-electron chi connectivity index (χ3n) is 8.53. The first-order valence-electron chi connectivity index (χ1n) is 14.0. The number of rotatable bonds is 9. The molecule has 1 aromatic carbocycles. The van der Waals surface area contributed by atoms with Crippen molar-refractivity contribution in [1.29, 1.82) is 0 Å². The zero-order valence-corrected chi connectivity index (χ0v) is 26.7. The lowest BCUT2D eigenvalue weighted by Crippen LogP contribution is -2.47. The Morgan fingerprint density at radius 1 is 1.14 bits per heavy atom. The Balaban J connectivity index is 1.43. The number of carbonyl (C=O) groups is 3. The molecule has 0 spiro atoms. The minimum Gasteiger partial charge on any atom is -0.456 e. The molecule has 1 fully saturated rings. The second-order valence-electron chi connectivity index (χ2n) is 12.5. The minimum absolute atomic E-state index is 0.0259. The van der Waals surface area contributed by atoms with Crippen LogP contribution in [0.15, 0.2) is 30.5 Å². The largest absolute Gasteiger partial charge is 0.456 e. The molecule has 1 unspecified atom stereocenters. The summed E-state index contributed by atoms with van der Waals surface area (Å²) in [5.74, 6) is -8.66. The highest BCUT2D eigenvalue weighted by atomic mass is 35.5. The Kier molecular flexibility index (Phi) is 9.35. The molecular formula is C30H34ClF4N3O5Si. The molecule has 44 heavy (non-hydrogen) atoms. The number of esters is 1. The Labute approximate surface area is 258 Å². The van der Waals surface area contributed by atoms with Gasteiger partial charge in [-0.1, -0.05) is 32.4 Å². The fourth-order valence-corrected chi connectivity index (χ4v) is 6.16. The third kappa shape index (κ3) is 6.54. The SMILES string of the molecule is CC(C)(C)[Si](C)(C)OCC(F)(F)c1nccc(C(=O)COC(=O)C2CC[C@@H]3CC(c4c(N)ccc(Cl)c4F)=CC(=O)N23)c1F. The molecule has 3 heterocycles. The lowest BCUT2D eigenvalue weighted by atomic mass is 9.92. The predicted molar refractivity (Wildman–Crippen MR) is 159 cm³/mol. The Morgan fingerprint density at radius 3 is 2.48 bits per heavy atom. The van der Waals surface area contributed by atoms with E-state index in [2.05, 4.69) is 4.98 Å². The number of amides is 1. The predicted octanol–water partition coefficient (Wildman–Crippen LogP) is 6.28. The highest BCUT2D eigenvalue weighted by Crippen LogP contribution is 2.41. The van der Waals surface area contributed by atoms with E-state index in [0.29, 0.717) is 12.0 Å². The average Bonchev–Trinajstić information content (AvgIpc) is 3.37. The number of hydrogen-bond donors (Lipinski definition) is 1. The lowest BCUT2D eigenvalue weighted by molar-refractivity contribution is -0.152. The van der Waals surface area contributed by atoms with Gasteiger partial charge in [-0.05, 0) is 61.2 Å². The van der Waals surface area contributed by atoms with Crippen molar-refractivity contribution in [2.24, 2.45) is 0 Å². The van der Waals surface area contributed by atoms with E-state index >= 15 is 13.2 Å². The number of nitrogen functional groups attached to an aromatic ring is 1. The molecule has 1 amide bonds. The zero-order chi connectivity index (χ0) is 32.8. The number of ketones is 1. The topological polar surface area (TPSA) is 112 Å². The molecule has 2 aromatic rings. The van der Waals surface area contributed by atoms with Gasteiger partial charge in [-0.3, -0.25) is 14.6 Å². The standard InChI is InChI=1S/C30H34ClF4N3O5Si/c1-29(2,3)44(4,5)43-15-30(34,35)27-25(32)18(10-11-37-27)22(39)14-42-28(41)21-9-6-17-12-16(13-23(40)38(17)21)24-20(36)8-7-19(31)26(24)33/h7-8,10-11,13,17,21H,6,9,12,14-15,36H2,1-5H3/t17-,21?/m1/s1. The number of aromatic nitrogens is 1. The molecule has 14 heteroatoms. The molecule has 2 atom stereocenters. The molecule has 0 saturated carbocycles. The number of alkyl halides is 2. The van der Waals surface area contributed by atoms with Crippen molar-refractivity contribution >= 4 is 48.8 Å². The summed E-state index contributed by atoms with van der Waals surface area (Å²) in [5.41, 5.74) is 4.45. The lowest BCUT2D eigenvalue weighted by Gasteiger charge is -2.37. The number of fused-ring (bicyclic) bond motifs is 1. The Hall–Kier alpha value is -3.29. The van der Waals surface area contributed by atoms with Gasteiger partial charge in [0, 0.05) is 29.6 Å². The molecule has 0 radical (unpaired) electrons. The highest BCUT2D eigenvalue weighted by Gasteiger charge is 2.46. The van der Waals surface area contributed by atoms with E-state index in [1.165, 1.54) is 23.1 Å². The van der Waals surface area contributed by atoms with Gasteiger partial charge in [-0.2, -0.15) is 8.78 Å². The van der Waals surface area contributed by atoms with E-state index in [1.54, 1.807) is 13.1 Å². The number of nitrogens with two attached hydrogens (primary N) is 1. The van der Waals surface area contributed by atoms with Gasteiger partial charge < -0.3 is 19.8 Å². The first-order valence-corrected chi connectivity index (χ1v) is 17.3. The van der Waals surface area contributed by atoms with Gasteiger partial charge in [0.1, 0.15) is 18.3 Å². The van der Waals surface area contributed by atoms with Crippen LogP contribution in [0.5, 0.6) is 0 Å². The van der Waals surface area contributed by atoms with Gasteiger partial charge in [0.05, 0.1) is 10.6 Å². The molecule has 0 aliphatic carbocycles. The summed E-state index contributed by atoms with van der Waals surface area (Å²) in [5, 5.41) is -0.515. The van der Waals surface area contributed by atoms with Crippen molar-refractivity contribution < 1.29 is 41.1 Å². The maximum Gasteiger partial charge on any atom is 0.329 e. The van der Waals surface area contributed by atoms with Gasteiger partial charge in [0.25, 0.3) is 0 Å². The van der Waals surface area contributed by atoms with Crippen LogP contribution in [0.25, 0.3) is 5.57 Å². The number of ether oxygens (including phenoxy) is 1. The summed E-state index contributed by atoms with van der Waals surface area (Å²) in [6, 6.07) is 2.15. The zero-order valence-electron chi connectivity index (χ0n) is 25.0. The maximum atomic E-state index is 15.2. The van der Waals surface area contributed by atoms with Crippen LogP contribution < -0.4 is 5.73 Å². The third-order valence-corrected chi connectivity index (χ3v) is 13.3. The first kappa shape index (κ1) is 33.6. The summed E-state index contributed by atoms with van der Waals surface area (Å²) in [6.07, 6.45) is 2.84. The molecule has 4 rings (SSSR count). The number of anilines is 1. The van der Waals surface area contributed by atoms with Crippen molar-refractivity contribution in [3.05, 3.63) is 63.9 Å². The Morgan fingerprint density at radius 2 is 1.82 bits per heavy atom. The molecular weight excluding hydrogens is 622 g/mol. The van der Waals surface area contributed by atoms with Gasteiger partial charge in [0.15, 0.2) is 26.6 Å². The molecule has 1 aromatic heterocycles. The normalized spacial score (nSPS) is 19.1. The number of pyridine rings is 1. The van der Waals surface area contributed by atoms with Crippen LogP contribution in [0.3, 0.4) is 0 Å². The maximum absolute atomic E-state index is 15.2. The van der Waals surface area contributed by atoms with E-state index in [1.807, 2.05) is 20.8 Å². The highest BCUT2D eigenvalue weighted by molar-refractivity contribution is 6.74. The second-order valence-corrected chi connectivity index (χ2v) is 17.7. The minimum atomic E-state index is -3.83. The molecule has 0 bridgehead atoms. The van der Waals surface area contributed by atoms with E-state index in [9.17, 15) is 18.8 Å².